The molecule has 0 aliphatic carbocycles. The first kappa shape index (κ1) is 46.5. The van der Waals surface area contributed by atoms with Crippen LogP contribution in [0, 0.1) is 0 Å². The van der Waals surface area contributed by atoms with Crippen LogP contribution in [0.2, 0.25) is 0 Å². The lowest BCUT2D eigenvalue weighted by Crippen LogP contribution is -2.52. The molecule has 0 saturated carbocycles. The van der Waals surface area contributed by atoms with Crippen LogP contribution in [0.3, 0.4) is 0 Å². The SMILES string of the molecule is CN(C)c1cc(B(c2ccc3cc4ccccc4cc3c2)c2ccc3cc4ccccc4cc3c2)c2ccc3c(N(C)C)cc(B(c4ccc5cc6ccccc6cc5c4)c4ccc5cc6ccccc6cc5c4)c4ccc1c2c43. The molecule has 0 aliphatic heterocycles. The van der Waals surface area contributed by atoms with Gasteiger partial charge < -0.3 is 9.80 Å². The Morgan fingerprint density at radius 3 is 0.688 bits per heavy atom. The van der Waals surface area contributed by atoms with Crippen molar-refractivity contribution in [3.05, 3.63) is 255 Å². The third-order valence-corrected chi connectivity index (χ3v) is 17.8. The molecule has 0 aliphatic rings. The Labute approximate surface area is 466 Å². The number of anilines is 2. The molecular weight excluding hydrogens is 962 g/mol. The van der Waals surface area contributed by atoms with Crippen LogP contribution in [0.1, 0.15) is 0 Å². The van der Waals surface area contributed by atoms with Crippen LogP contribution in [-0.2, 0) is 0 Å². The standard InChI is InChI=1S/C76H54B2N2/c1-79(2)73-45-71(77(63-25-21-55-33-47-13-5-9-17-51(47)37-59(55)41-63)64-26-22-56-34-48-14-6-10-18-52(48)38-60(56)42-64)67-30-32-70-74(80(3)4)46-72(68-29-31-69(73)75(67)76(68)70)78(65-27-23-57-35-49-15-7-11-19-53(49)39-61(57)43-65)66-28-24-58-36-50-16-8-12-20-54(50)40-62(58)44-66/h5-46H,1-4H3. The number of fused-ring (bicyclic) bond motifs is 8. The predicted octanol–water partition coefficient (Wildman–Crippen LogP) is 15.0. The molecular formula is C76H54B2N2. The number of benzene rings is 16. The zero-order valence-corrected chi connectivity index (χ0v) is 45.3. The lowest BCUT2D eigenvalue weighted by Gasteiger charge is -2.28. The van der Waals surface area contributed by atoms with Crippen molar-refractivity contribution < 1.29 is 0 Å². The van der Waals surface area contributed by atoms with Gasteiger partial charge in [0.15, 0.2) is 0 Å². The molecule has 16 aromatic carbocycles. The van der Waals surface area contributed by atoms with Gasteiger partial charge in [-0.05, 0) is 168 Å². The normalized spacial score (nSPS) is 12.0. The van der Waals surface area contributed by atoms with Crippen LogP contribution in [0.5, 0.6) is 0 Å². The smallest absolute Gasteiger partial charge is 0.242 e. The van der Waals surface area contributed by atoms with E-state index in [0.29, 0.717) is 0 Å². The zero-order chi connectivity index (χ0) is 53.3. The number of hydrogen-bond donors (Lipinski definition) is 0. The second kappa shape index (κ2) is 18.0. The van der Waals surface area contributed by atoms with E-state index in [1.54, 1.807) is 0 Å². The average Bonchev–Trinajstić information content (AvgIpc) is 3.55. The fourth-order valence-electron chi connectivity index (χ4n) is 13.9. The van der Waals surface area contributed by atoms with Gasteiger partial charge in [0.25, 0.3) is 0 Å². The lowest BCUT2D eigenvalue weighted by molar-refractivity contribution is 1.14. The first-order chi connectivity index (χ1) is 39.2. The highest BCUT2D eigenvalue weighted by atomic mass is 15.1. The summed E-state index contributed by atoms with van der Waals surface area (Å²) in [6.45, 7) is -0.180. The first-order valence-electron chi connectivity index (χ1n) is 28.1. The molecule has 0 bridgehead atoms. The molecule has 16 rings (SSSR count). The minimum atomic E-state index is -0.0899. The van der Waals surface area contributed by atoms with Crippen molar-refractivity contribution in [2.75, 3.05) is 38.0 Å². The van der Waals surface area contributed by atoms with Crippen LogP contribution in [0.15, 0.2) is 255 Å². The van der Waals surface area contributed by atoms with Crippen LogP contribution in [0.25, 0.3) is 118 Å². The molecule has 0 atom stereocenters. The minimum Gasteiger partial charge on any atom is -0.377 e. The van der Waals surface area contributed by atoms with Gasteiger partial charge in [-0.3, -0.25) is 0 Å². The van der Waals surface area contributed by atoms with E-state index >= 15 is 0 Å². The Kier molecular flexibility index (Phi) is 10.4. The fourth-order valence-corrected chi connectivity index (χ4v) is 13.9. The van der Waals surface area contributed by atoms with Crippen LogP contribution in [-0.4, -0.2) is 41.6 Å². The van der Waals surface area contributed by atoms with Gasteiger partial charge >= 0.3 is 0 Å². The Balaban J connectivity index is 0.986. The molecule has 80 heavy (non-hydrogen) atoms. The van der Waals surface area contributed by atoms with Gasteiger partial charge in [0, 0.05) is 50.3 Å². The number of hydrogen-bond acceptors (Lipinski definition) is 2. The predicted molar refractivity (Wildman–Crippen MR) is 354 cm³/mol. The van der Waals surface area contributed by atoms with Crippen molar-refractivity contribution in [2.24, 2.45) is 0 Å². The van der Waals surface area contributed by atoms with Gasteiger partial charge in [-0.15, -0.1) is 0 Å². The summed E-state index contributed by atoms with van der Waals surface area (Å²) < 4.78 is 0. The molecule has 0 amide bonds. The van der Waals surface area contributed by atoms with E-state index in [9.17, 15) is 0 Å². The summed E-state index contributed by atoms with van der Waals surface area (Å²) in [5, 5.41) is 27.7. The van der Waals surface area contributed by atoms with Crippen LogP contribution in [0.4, 0.5) is 11.4 Å². The van der Waals surface area contributed by atoms with Crippen LogP contribution < -0.4 is 42.6 Å². The van der Waals surface area contributed by atoms with E-state index in [4.69, 9.17) is 0 Å². The number of nitrogens with zero attached hydrogens (tertiary/aromatic N) is 2. The Morgan fingerprint density at radius 2 is 0.438 bits per heavy atom. The maximum atomic E-state index is 2.51. The maximum Gasteiger partial charge on any atom is 0.242 e. The second-order valence-electron chi connectivity index (χ2n) is 22.9. The molecule has 4 heteroatoms. The Hall–Kier alpha value is -9.63. The van der Waals surface area contributed by atoms with E-state index in [1.165, 1.54) is 163 Å². The summed E-state index contributed by atoms with van der Waals surface area (Å²) in [4.78, 5) is 4.67. The summed E-state index contributed by atoms with van der Waals surface area (Å²) in [6, 6.07) is 97.5. The molecule has 16 aromatic rings. The van der Waals surface area contributed by atoms with Crippen molar-refractivity contribution in [1.82, 2.24) is 0 Å². The molecule has 0 heterocycles. The van der Waals surface area contributed by atoms with E-state index in [1.807, 2.05) is 0 Å². The van der Waals surface area contributed by atoms with E-state index in [0.717, 1.165) is 0 Å². The molecule has 0 N–H and O–H groups in total. The van der Waals surface area contributed by atoms with E-state index < -0.39 is 0 Å². The van der Waals surface area contributed by atoms with Crippen LogP contribution >= 0.6 is 0 Å². The van der Waals surface area contributed by atoms with Crippen molar-refractivity contribution in [2.45, 2.75) is 0 Å². The average molecular weight is 1020 g/mol. The van der Waals surface area contributed by atoms with Crippen molar-refractivity contribution in [3.8, 4) is 0 Å². The summed E-state index contributed by atoms with van der Waals surface area (Å²) >= 11 is 0. The first-order valence-corrected chi connectivity index (χ1v) is 28.1. The van der Waals surface area contributed by atoms with E-state index in [2.05, 4.69) is 293 Å². The highest BCUT2D eigenvalue weighted by Crippen LogP contribution is 2.41. The molecule has 0 unspecified atom stereocenters. The molecule has 0 radical (unpaired) electrons. The molecule has 0 fully saturated rings. The molecule has 0 spiro atoms. The third-order valence-electron chi connectivity index (χ3n) is 17.8. The van der Waals surface area contributed by atoms with Gasteiger partial charge in [0.1, 0.15) is 0 Å². The highest BCUT2D eigenvalue weighted by Gasteiger charge is 2.31. The van der Waals surface area contributed by atoms with Gasteiger partial charge in [-0.2, -0.15) is 0 Å². The minimum absolute atomic E-state index is 0.0899. The van der Waals surface area contributed by atoms with Crippen molar-refractivity contribution >= 4 is 176 Å². The number of rotatable bonds is 8. The van der Waals surface area contributed by atoms with Crippen molar-refractivity contribution in [1.29, 1.82) is 0 Å². The summed E-state index contributed by atoms with van der Waals surface area (Å²) in [7, 11) is 8.86. The molecule has 0 saturated heterocycles. The van der Waals surface area contributed by atoms with Gasteiger partial charge in [0.05, 0.1) is 0 Å². The molecule has 2 nitrogen and oxygen atoms in total. The lowest BCUT2D eigenvalue weighted by atomic mass is 9.35. The summed E-state index contributed by atoms with van der Waals surface area (Å²) in [6.07, 6.45) is 0. The van der Waals surface area contributed by atoms with Gasteiger partial charge in [-0.1, -0.05) is 227 Å². The summed E-state index contributed by atoms with van der Waals surface area (Å²) in [5.41, 5.74) is 10.1. The molecule has 374 valence electrons. The topological polar surface area (TPSA) is 6.48 Å². The van der Waals surface area contributed by atoms with Gasteiger partial charge in [-0.25, -0.2) is 0 Å². The largest absolute Gasteiger partial charge is 0.377 e. The fraction of sp³-hybridized carbons (Fsp3) is 0.0526. The quantitative estimate of drug-likeness (QED) is 0.0850. The van der Waals surface area contributed by atoms with E-state index in [-0.39, 0.29) is 13.4 Å². The third kappa shape index (κ3) is 7.43. The zero-order valence-electron chi connectivity index (χ0n) is 45.3. The Bertz CT molecular complexity index is 4670. The Morgan fingerprint density at radius 1 is 0.212 bits per heavy atom. The summed E-state index contributed by atoms with van der Waals surface area (Å²) in [5.74, 6) is 0. The maximum absolute atomic E-state index is 2.51. The second-order valence-corrected chi connectivity index (χ2v) is 22.9. The van der Waals surface area contributed by atoms with Gasteiger partial charge in [0.2, 0.25) is 13.4 Å². The highest BCUT2D eigenvalue weighted by molar-refractivity contribution is 6.98. The monoisotopic (exact) mass is 1020 g/mol. The van der Waals surface area contributed by atoms with Crippen molar-refractivity contribution in [3.63, 3.8) is 0 Å². The molecule has 0 aromatic heterocycles.